The molecule has 51 heavy (non-hydrogen) atoms. The maximum absolute atomic E-state index is 5.34. The topological polar surface area (TPSA) is 56.5 Å². The summed E-state index contributed by atoms with van der Waals surface area (Å²) < 4.78 is 2.21. The number of hydrogen-bond donors (Lipinski definition) is 0. The summed E-state index contributed by atoms with van der Waals surface area (Å²) in [5.41, 5.74) is 10.2. The summed E-state index contributed by atoms with van der Waals surface area (Å²) in [5.74, 6) is 0.851. The molecule has 0 atom stereocenters. The molecule has 10 rings (SSSR count). The zero-order valence-electron chi connectivity index (χ0n) is 27.5. The number of para-hydroxylation sites is 1. The van der Waals surface area contributed by atoms with E-state index < -0.39 is 0 Å². The third-order valence-electron chi connectivity index (χ3n) is 9.79. The third-order valence-corrected chi connectivity index (χ3v) is 9.79. The average Bonchev–Trinajstić information content (AvgIpc) is 3.55. The van der Waals surface area contributed by atoms with Crippen molar-refractivity contribution in [1.29, 1.82) is 0 Å². The van der Waals surface area contributed by atoms with E-state index in [-0.39, 0.29) is 0 Å². The van der Waals surface area contributed by atoms with Crippen LogP contribution in [-0.4, -0.2) is 24.5 Å². The van der Waals surface area contributed by atoms with Crippen LogP contribution in [0.3, 0.4) is 0 Å². The number of aromatic nitrogens is 5. The summed E-state index contributed by atoms with van der Waals surface area (Å²) in [6.07, 6.45) is 7.55. The Morgan fingerprint density at radius 1 is 0.373 bits per heavy atom. The Labute approximate surface area is 294 Å². The number of rotatable bonds is 5. The molecule has 5 nitrogen and oxygen atoms in total. The monoisotopic (exact) mass is 651 g/mol. The van der Waals surface area contributed by atoms with Gasteiger partial charge in [-0.25, -0.2) is 9.97 Å². The highest BCUT2D eigenvalue weighted by molar-refractivity contribution is 6.21. The molecule has 0 N–H and O–H groups in total. The summed E-state index contributed by atoms with van der Waals surface area (Å²) >= 11 is 0. The van der Waals surface area contributed by atoms with E-state index in [0.29, 0.717) is 0 Å². The van der Waals surface area contributed by atoms with E-state index in [9.17, 15) is 0 Å². The molecule has 0 radical (unpaired) electrons. The van der Waals surface area contributed by atoms with Crippen molar-refractivity contribution in [2.75, 3.05) is 0 Å². The Balaban J connectivity index is 1.20. The second-order valence-corrected chi connectivity index (χ2v) is 12.7. The highest BCUT2D eigenvalue weighted by Crippen LogP contribution is 2.44. The first-order valence-corrected chi connectivity index (χ1v) is 17.0. The SMILES string of the molecule is c1ccc(-c2c3ccccc3c(-c3cc(-c4ccc(-n5c6ccccc6c6cnccc65)nc4)cc(-c4ccccn4)n3)c3ccccc23)cc1. The fourth-order valence-corrected chi connectivity index (χ4v) is 7.54. The molecule has 0 amide bonds. The minimum absolute atomic E-state index is 0.808. The maximum Gasteiger partial charge on any atom is 0.137 e. The second kappa shape index (κ2) is 11.9. The Kier molecular flexibility index (Phi) is 6.74. The van der Waals surface area contributed by atoms with Crippen LogP contribution in [-0.2, 0) is 0 Å². The molecule has 0 saturated carbocycles. The first kappa shape index (κ1) is 29.0. The van der Waals surface area contributed by atoms with Crippen molar-refractivity contribution in [2.24, 2.45) is 0 Å². The van der Waals surface area contributed by atoms with E-state index in [1.807, 2.05) is 43.0 Å². The predicted octanol–water partition coefficient (Wildman–Crippen LogP) is 11.3. The minimum atomic E-state index is 0.808. The fraction of sp³-hybridized carbons (Fsp3) is 0. The second-order valence-electron chi connectivity index (χ2n) is 12.7. The van der Waals surface area contributed by atoms with Gasteiger partial charge in [0.1, 0.15) is 5.82 Å². The molecule has 0 aliphatic heterocycles. The molecule has 0 unspecified atom stereocenters. The summed E-state index contributed by atoms with van der Waals surface area (Å²) in [4.78, 5) is 19.5. The fourth-order valence-electron chi connectivity index (χ4n) is 7.54. The van der Waals surface area contributed by atoms with Crippen molar-refractivity contribution in [3.63, 3.8) is 0 Å². The van der Waals surface area contributed by atoms with Crippen molar-refractivity contribution in [3.05, 3.63) is 176 Å². The summed E-state index contributed by atoms with van der Waals surface area (Å²) in [7, 11) is 0. The maximum atomic E-state index is 5.34. The van der Waals surface area contributed by atoms with Gasteiger partial charge in [0.25, 0.3) is 0 Å². The molecule has 5 aromatic carbocycles. The summed E-state index contributed by atoms with van der Waals surface area (Å²) in [5, 5.41) is 6.95. The van der Waals surface area contributed by atoms with Crippen molar-refractivity contribution in [2.45, 2.75) is 0 Å². The summed E-state index contributed by atoms with van der Waals surface area (Å²) in [6.45, 7) is 0. The Morgan fingerprint density at radius 3 is 1.73 bits per heavy atom. The molecule has 0 aliphatic rings. The molecule has 0 fully saturated rings. The van der Waals surface area contributed by atoms with E-state index >= 15 is 0 Å². The lowest BCUT2D eigenvalue weighted by Crippen LogP contribution is -1.98. The van der Waals surface area contributed by atoms with E-state index in [0.717, 1.165) is 72.2 Å². The van der Waals surface area contributed by atoms with Gasteiger partial charge in [0.2, 0.25) is 0 Å². The third kappa shape index (κ3) is 4.78. The van der Waals surface area contributed by atoms with Gasteiger partial charge < -0.3 is 0 Å². The minimum Gasteiger partial charge on any atom is -0.294 e. The van der Waals surface area contributed by atoms with Gasteiger partial charge in [-0.15, -0.1) is 0 Å². The van der Waals surface area contributed by atoms with Crippen LogP contribution >= 0.6 is 0 Å². The van der Waals surface area contributed by atoms with Gasteiger partial charge in [-0.05, 0) is 86.8 Å². The van der Waals surface area contributed by atoms with Crippen molar-refractivity contribution in [3.8, 4) is 50.7 Å². The van der Waals surface area contributed by atoms with Crippen LogP contribution in [0.5, 0.6) is 0 Å². The average molecular weight is 652 g/mol. The smallest absolute Gasteiger partial charge is 0.137 e. The quantitative estimate of drug-likeness (QED) is 0.174. The molecule has 5 aromatic heterocycles. The highest BCUT2D eigenvalue weighted by atomic mass is 15.1. The van der Waals surface area contributed by atoms with Gasteiger partial charge in [-0.3, -0.25) is 14.5 Å². The number of pyridine rings is 4. The van der Waals surface area contributed by atoms with Gasteiger partial charge in [0, 0.05) is 46.7 Å². The molecule has 5 heteroatoms. The number of fused-ring (bicyclic) bond motifs is 5. The van der Waals surface area contributed by atoms with Crippen LogP contribution < -0.4 is 0 Å². The van der Waals surface area contributed by atoms with Crippen LogP contribution in [0.2, 0.25) is 0 Å². The molecule has 0 bridgehead atoms. The van der Waals surface area contributed by atoms with Crippen LogP contribution in [0.1, 0.15) is 0 Å². The molecule has 0 saturated heterocycles. The zero-order valence-corrected chi connectivity index (χ0v) is 27.5. The van der Waals surface area contributed by atoms with E-state index in [1.165, 1.54) is 21.9 Å². The molecule has 0 spiro atoms. The standard InChI is InChI=1S/C46H29N5/c1-2-12-30(13-3-1)45-34-15-4-6-17-36(34)46(37-18-7-5-16-35(37)45)41-27-32(26-40(50-41)39-19-10-11-24-48-39)31-21-22-44(49-28-31)51-42-20-9-8-14-33(42)38-29-47-25-23-43(38)51/h1-29H. The molecule has 10 aromatic rings. The van der Waals surface area contributed by atoms with E-state index in [1.54, 1.807) is 0 Å². The van der Waals surface area contributed by atoms with E-state index in [2.05, 4.69) is 143 Å². The highest BCUT2D eigenvalue weighted by Gasteiger charge is 2.19. The van der Waals surface area contributed by atoms with Gasteiger partial charge in [-0.1, -0.05) is 103 Å². The Bertz CT molecular complexity index is 2790. The van der Waals surface area contributed by atoms with Gasteiger partial charge in [0.05, 0.1) is 28.1 Å². The number of benzene rings is 5. The lowest BCUT2D eigenvalue weighted by atomic mass is 9.87. The predicted molar refractivity (Wildman–Crippen MR) is 209 cm³/mol. The lowest BCUT2D eigenvalue weighted by molar-refractivity contribution is 1.08. The van der Waals surface area contributed by atoms with Crippen LogP contribution in [0.4, 0.5) is 0 Å². The van der Waals surface area contributed by atoms with Crippen LogP contribution in [0.25, 0.3) is 94.1 Å². The van der Waals surface area contributed by atoms with Crippen molar-refractivity contribution in [1.82, 2.24) is 24.5 Å². The van der Waals surface area contributed by atoms with E-state index in [4.69, 9.17) is 15.0 Å². The molecular formula is C46H29N5. The van der Waals surface area contributed by atoms with Crippen LogP contribution in [0, 0.1) is 0 Å². The largest absolute Gasteiger partial charge is 0.294 e. The number of nitrogens with zero attached hydrogens (tertiary/aromatic N) is 5. The lowest BCUT2D eigenvalue weighted by Gasteiger charge is -2.18. The first-order chi connectivity index (χ1) is 25.3. The first-order valence-electron chi connectivity index (χ1n) is 17.0. The molecular weight excluding hydrogens is 623 g/mol. The van der Waals surface area contributed by atoms with Crippen LogP contribution in [0.15, 0.2) is 176 Å². The normalized spacial score (nSPS) is 11.5. The Hall–Kier alpha value is -6.98. The van der Waals surface area contributed by atoms with Crippen molar-refractivity contribution < 1.29 is 0 Å². The van der Waals surface area contributed by atoms with Gasteiger partial charge >= 0.3 is 0 Å². The summed E-state index contributed by atoms with van der Waals surface area (Å²) in [6, 6.07) is 53.0. The molecule has 238 valence electrons. The van der Waals surface area contributed by atoms with Crippen molar-refractivity contribution >= 4 is 43.4 Å². The van der Waals surface area contributed by atoms with Gasteiger partial charge in [0.15, 0.2) is 0 Å². The number of hydrogen-bond acceptors (Lipinski definition) is 4. The molecule has 5 heterocycles. The molecule has 0 aliphatic carbocycles. The zero-order chi connectivity index (χ0) is 33.7. The van der Waals surface area contributed by atoms with Gasteiger partial charge in [-0.2, -0.15) is 0 Å². The Morgan fingerprint density at radius 2 is 1.02 bits per heavy atom.